The number of methoxy groups -OCH3 is 1. The molecule has 0 aliphatic carbocycles. The molecular weight excluding hydrogens is 260 g/mol. The molecule has 0 saturated carbocycles. The van der Waals surface area contributed by atoms with Gasteiger partial charge in [-0.1, -0.05) is 12.1 Å². The predicted molar refractivity (Wildman–Crippen MR) is 86.9 cm³/mol. The maximum absolute atomic E-state index is 5.36. The molecule has 3 rings (SSSR count). The zero-order valence-electron chi connectivity index (χ0n) is 12.4. The van der Waals surface area contributed by atoms with Crippen LogP contribution in [-0.2, 0) is 13.0 Å². The van der Waals surface area contributed by atoms with Crippen LogP contribution in [0.15, 0.2) is 48.7 Å². The Kier molecular flexibility index (Phi) is 3.93. The van der Waals surface area contributed by atoms with Crippen LogP contribution < -0.4 is 10.1 Å². The van der Waals surface area contributed by atoms with E-state index < -0.39 is 0 Å². The Morgan fingerprint density at radius 1 is 1.05 bits per heavy atom. The Morgan fingerprint density at radius 3 is 2.76 bits per heavy atom. The molecular formula is C18H20N2O. The van der Waals surface area contributed by atoms with Crippen molar-refractivity contribution >= 4 is 10.9 Å². The number of hydrogen-bond donors (Lipinski definition) is 2. The predicted octanol–water partition coefficient (Wildman–Crippen LogP) is 3.49. The number of H-pyrrole nitrogens is 1. The van der Waals surface area contributed by atoms with Gasteiger partial charge in [0.05, 0.1) is 7.11 Å². The lowest BCUT2D eigenvalue weighted by molar-refractivity contribution is 0.414. The Hall–Kier alpha value is -2.26. The summed E-state index contributed by atoms with van der Waals surface area (Å²) in [6, 6.07) is 15.0. The number of rotatable bonds is 5. The number of aromatic nitrogens is 1. The number of ether oxygens (including phenoxy) is 1. The number of fused-ring (bicyclic) bond motifs is 1. The zero-order chi connectivity index (χ0) is 14.7. The summed E-state index contributed by atoms with van der Waals surface area (Å²) in [5, 5.41) is 4.48. The average molecular weight is 280 g/mol. The van der Waals surface area contributed by atoms with Crippen LogP contribution in [0.3, 0.4) is 0 Å². The highest BCUT2D eigenvalue weighted by Gasteiger charge is 2.06. The van der Waals surface area contributed by atoms with Gasteiger partial charge in [-0.15, -0.1) is 0 Å². The molecule has 0 unspecified atom stereocenters. The summed E-state index contributed by atoms with van der Waals surface area (Å²) in [4.78, 5) is 3.23. The summed E-state index contributed by atoms with van der Waals surface area (Å²) in [5.74, 6) is 0.910. The largest absolute Gasteiger partial charge is 0.497 e. The summed E-state index contributed by atoms with van der Waals surface area (Å²) < 4.78 is 5.36. The van der Waals surface area contributed by atoms with Gasteiger partial charge in [-0.3, -0.25) is 0 Å². The minimum absolute atomic E-state index is 0.867. The van der Waals surface area contributed by atoms with E-state index in [9.17, 15) is 0 Å². The third kappa shape index (κ3) is 2.93. The molecule has 3 aromatic rings. The third-order valence-electron chi connectivity index (χ3n) is 3.79. The Bertz CT molecular complexity index is 746. The topological polar surface area (TPSA) is 37.0 Å². The molecule has 108 valence electrons. The van der Waals surface area contributed by atoms with Gasteiger partial charge in [0.15, 0.2) is 0 Å². The summed E-state index contributed by atoms with van der Waals surface area (Å²) in [7, 11) is 3.68. The molecule has 2 aromatic carbocycles. The Morgan fingerprint density at radius 2 is 1.95 bits per heavy atom. The van der Waals surface area contributed by atoms with E-state index >= 15 is 0 Å². The maximum Gasteiger partial charge on any atom is 0.119 e. The van der Waals surface area contributed by atoms with Crippen molar-refractivity contribution in [1.82, 2.24) is 10.3 Å². The van der Waals surface area contributed by atoms with E-state index in [1.807, 2.05) is 19.3 Å². The Balaban J connectivity index is 1.94. The molecule has 0 spiro atoms. The van der Waals surface area contributed by atoms with E-state index in [0.717, 1.165) is 18.7 Å². The van der Waals surface area contributed by atoms with E-state index in [-0.39, 0.29) is 0 Å². The Labute approximate surface area is 125 Å². The average Bonchev–Trinajstić information content (AvgIpc) is 2.97. The van der Waals surface area contributed by atoms with Crippen LogP contribution in [0.25, 0.3) is 10.9 Å². The monoisotopic (exact) mass is 280 g/mol. The van der Waals surface area contributed by atoms with Crippen LogP contribution in [0.2, 0.25) is 0 Å². The smallest absolute Gasteiger partial charge is 0.119 e. The molecule has 0 radical (unpaired) electrons. The van der Waals surface area contributed by atoms with Gasteiger partial charge in [-0.25, -0.2) is 0 Å². The van der Waals surface area contributed by atoms with Crippen molar-refractivity contribution in [3.05, 3.63) is 65.4 Å². The molecule has 0 aliphatic rings. The minimum atomic E-state index is 0.867. The molecule has 2 N–H and O–H groups in total. The fourth-order valence-electron chi connectivity index (χ4n) is 2.69. The van der Waals surface area contributed by atoms with Gasteiger partial charge in [0.1, 0.15) is 5.75 Å². The zero-order valence-corrected chi connectivity index (χ0v) is 12.4. The minimum Gasteiger partial charge on any atom is -0.497 e. The molecule has 0 amide bonds. The van der Waals surface area contributed by atoms with Gasteiger partial charge in [0.2, 0.25) is 0 Å². The third-order valence-corrected chi connectivity index (χ3v) is 3.79. The molecule has 1 heterocycles. The van der Waals surface area contributed by atoms with Gasteiger partial charge in [0.25, 0.3) is 0 Å². The SMILES string of the molecule is CNCc1ccc(OC)cc1Cc1ccc2[nH]ccc2c1. The second-order valence-corrected chi connectivity index (χ2v) is 5.24. The van der Waals surface area contributed by atoms with Crippen molar-refractivity contribution in [3.8, 4) is 5.75 Å². The van der Waals surface area contributed by atoms with Gasteiger partial charge >= 0.3 is 0 Å². The van der Waals surface area contributed by atoms with Crippen LogP contribution in [0, 0.1) is 0 Å². The first-order chi connectivity index (χ1) is 10.3. The van der Waals surface area contributed by atoms with Crippen molar-refractivity contribution < 1.29 is 4.74 Å². The first kappa shape index (κ1) is 13.7. The maximum atomic E-state index is 5.36. The molecule has 0 saturated heterocycles. The molecule has 0 fully saturated rings. The molecule has 0 bridgehead atoms. The summed E-state index contributed by atoms with van der Waals surface area (Å²) in [6.07, 6.45) is 2.89. The van der Waals surface area contributed by atoms with E-state index in [2.05, 4.69) is 46.7 Å². The molecule has 0 atom stereocenters. The highest BCUT2D eigenvalue weighted by molar-refractivity contribution is 5.80. The van der Waals surface area contributed by atoms with Crippen molar-refractivity contribution in [1.29, 1.82) is 0 Å². The fourth-order valence-corrected chi connectivity index (χ4v) is 2.69. The van der Waals surface area contributed by atoms with Gasteiger partial charge in [-0.2, -0.15) is 0 Å². The molecule has 1 aromatic heterocycles. The second-order valence-electron chi connectivity index (χ2n) is 5.24. The lowest BCUT2D eigenvalue weighted by Crippen LogP contribution is -2.08. The molecule has 0 aliphatic heterocycles. The van der Waals surface area contributed by atoms with Crippen LogP contribution >= 0.6 is 0 Å². The fraction of sp³-hybridized carbons (Fsp3) is 0.222. The van der Waals surface area contributed by atoms with Crippen LogP contribution in [0.4, 0.5) is 0 Å². The van der Waals surface area contributed by atoms with E-state index in [0.29, 0.717) is 0 Å². The van der Waals surface area contributed by atoms with Gasteiger partial charge < -0.3 is 15.0 Å². The summed E-state index contributed by atoms with van der Waals surface area (Å²) in [6.45, 7) is 0.867. The van der Waals surface area contributed by atoms with E-state index in [1.54, 1.807) is 7.11 Å². The first-order valence-corrected chi connectivity index (χ1v) is 7.16. The summed E-state index contributed by atoms with van der Waals surface area (Å²) >= 11 is 0. The lowest BCUT2D eigenvalue weighted by Gasteiger charge is -2.12. The number of nitrogens with one attached hydrogen (secondary N) is 2. The van der Waals surface area contributed by atoms with Gasteiger partial charge in [-0.05, 0) is 65.9 Å². The standard InChI is InChI=1S/C18H20N2O/c1-19-12-15-4-5-17(21-2)11-16(15)10-13-3-6-18-14(9-13)7-8-20-18/h3-9,11,19-20H,10,12H2,1-2H3. The second kappa shape index (κ2) is 6.02. The van der Waals surface area contributed by atoms with Crippen LogP contribution in [0.1, 0.15) is 16.7 Å². The summed E-state index contributed by atoms with van der Waals surface area (Å²) in [5.41, 5.74) is 5.11. The lowest BCUT2D eigenvalue weighted by atomic mass is 9.98. The normalized spacial score (nSPS) is 11.0. The van der Waals surface area contributed by atoms with Crippen LogP contribution in [-0.4, -0.2) is 19.1 Å². The van der Waals surface area contributed by atoms with Crippen molar-refractivity contribution in [2.75, 3.05) is 14.2 Å². The van der Waals surface area contributed by atoms with Gasteiger partial charge in [0, 0.05) is 18.3 Å². The van der Waals surface area contributed by atoms with Crippen molar-refractivity contribution in [3.63, 3.8) is 0 Å². The van der Waals surface area contributed by atoms with E-state index in [1.165, 1.54) is 27.6 Å². The van der Waals surface area contributed by atoms with Crippen molar-refractivity contribution in [2.24, 2.45) is 0 Å². The van der Waals surface area contributed by atoms with E-state index in [4.69, 9.17) is 4.74 Å². The quantitative estimate of drug-likeness (QED) is 0.750. The van der Waals surface area contributed by atoms with Crippen LogP contribution in [0.5, 0.6) is 5.75 Å². The first-order valence-electron chi connectivity index (χ1n) is 7.16. The molecule has 21 heavy (non-hydrogen) atoms. The molecule has 3 nitrogen and oxygen atoms in total. The van der Waals surface area contributed by atoms with Crippen molar-refractivity contribution in [2.45, 2.75) is 13.0 Å². The number of hydrogen-bond acceptors (Lipinski definition) is 2. The number of aromatic amines is 1. The molecule has 3 heteroatoms. The highest BCUT2D eigenvalue weighted by Crippen LogP contribution is 2.22. The number of benzene rings is 2. The highest BCUT2D eigenvalue weighted by atomic mass is 16.5.